The molecule has 0 amide bonds. The summed E-state index contributed by atoms with van der Waals surface area (Å²) in [6.45, 7) is 14.6. The first-order chi connectivity index (χ1) is 13.2. The van der Waals surface area contributed by atoms with Crippen LogP contribution >= 0.6 is 0 Å². The largest absolute Gasteiger partial charge is 0.378 e. The Kier molecular flexibility index (Phi) is 9.11. The SMILES string of the molecule is C=C(/C=C\C(=C/C)Nc1ccc(N2CCOCC2)cc1)C(OCC)OCC. The van der Waals surface area contributed by atoms with Crippen molar-refractivity contribution in [1.82, 2.24) is 0 Å². The zero-order valence-electron chi connectivity index (χ0n) is 16.7. The van der Waals surface area contributed by atoms with Crippen molar-refractivity contribution in [1.29, 1.82) is 0 Å². The fourth-order valence-corrected chi connectivity index (χ4v) is 2.79. The smallest absolute Gasteiger partial charge is 0.183 e. The van der Waals surface area contributed by atoms with Gasteiger partial charge in [-0.05, 0) is 51.1 Å². The molecule has 1 aromatic rings. The molecule has 0 saturated carbocycles. The van der Waals surface area contributed by atoms with E-state index in [-0.39, 0.29) is 0 Å². The molecule has 1 aliphatic rings. The first-order valence-electron chi connectivity index (χ1n) is 9.64. The van der Waals surface area contributed by atoms with Crippen molar-refractivity contribution in [2.75, 3.05) is 49.7 Å². The Bertz CT molecular complexity index is 625. The van der Waals surface area contributed by atoms with Crippen LogP contribution in [0.4, 0.5) is 11.4 Å². The third kappa shape index (κ3) is 6.86. The minimum atomic E-state index is -0.401. The Morgan fingerprint density at radius 2 is 1.78 bits per heavy atom. The van der Waals surface area contributed by atoms with Gasteiger partial charge in [0.25, 0.3) is 0 Å². The summed E-state index contributed by atoms with van der Waals surface area (Å²) in [4.78, 5) is 2.34. The summed E-state index contributed by atoms with van der Waals surface area (Å²) in [5.74, 6) is 0. The van der Waals surface area contributed by atoms with Crippen molar-refractivity contribution >= 4 is 11.4 Å². The average Bonchev–Trinajstić information content (AvgIpc) is 2.71. The number of ether oxygens (including phenoxy) is 3. The Hall–Kier alpha value is -2.08. The van der Waals surface area contributed by atoms with E-state index in [1.807, 2.05) is 39.0 Å². The Morgan fingerprint density at radius 1 is 1.15 bits per heavy atom. The van der Waals surface area contributed by atoms with Gasteiger partial charge in [0.2, 0.25) is 0 Å². The van der Waals surface area contributed by atoms with E-state index < -0.39 is 6.29 Å². The van der Waals surface area contributed by atoms with Crippen LogP contribution in [0.25, 0.3) is 0 Å². The van der Waals surface area contributed by atoms with E-state index in [0.717, 1.165) is 43.3 Å². The molecule has 5 nitrogen and oxygen atoms in total. The van der Waals surface area contributed by atoms with Gasteiger partial charge in [-0.25, -0.2) is 0 Å². The zero-order chi connectivity index (χ0) is 19.5. The lowest BCUT2D eigenvalue weighted by molar-refractivity contribution is -0.108. The van der Waals surface area contributed by atoms with Crippen molar-refractivity contribution in [2.24, 2.45) is 0 Å². The molecule has 148 valence electrons. The molecule has 1 fully saturated rings. The van der Waals surface area contributed by atoms with Crippen molar-refractivity contribution in [3.05, 3.63) is 60.3 Å². The summed E-state index contributed by atoms with van der Waals surface area (Å²) >= 11 is 0. The summed E-state index contributed by atoms with van der Waals surface area (Å²) < 4.78 is 16.6. The van der Waals surface area contributed by atoms with Crippen LogP contribution in [-0.4, -0.2) is 45.8 Å². The van der Waals surface area contributed by atoms with Crippen LogP contribution in [0.15, 0.2) is 60.3 Å². The van der Waals surface area contributed by atoms with Crippen molar-refractivity contribution in [3.63, 3.8) is 0 Å². The second-order valence-electron chi connectivity index (χ2n) is 6.17. The molecule has 0 unspecified atom stereocenters. The summed E-state index contributed by atoms with van der Waals surface area (Å²) in [7, 11) is 0. The zero-order valence-corrected chi connectivity index (χ0v) is 16.7. The molecular weight excluding hydrogens is 340 g/mol. The summed E-state index contributed by atoms with van der Waals surface area (Å²) in [6, 6.07) is 8.48. The highest BCUT2D eigenvalue weighted by Gasteiger charge is 2.11. The molecule has 1 aliphatic heterocycles. The van der Waals surface area contributed by atoms with Crippen LogP contribution in [-0.2, 0) is 14.2 Å². The van der Waals surface area contributed by atoms with E-state index in [2.05, 4.69) is 41.1 Å². The van der Waals surface area contributed by atoms with Gasteiger partial charge in [0.1, 0.15) is 0 Å². The highest BCUT2D eigenvalue weighted by molar-refractivity contribution is 5.58. The second kappa shape index (κ2) is 11.6. The predicted octanol–water partition coefficient (Wildman–Crippen LogP) is 4.35. The van der Waals surface area contributed by atoms with E-state index in [4.69, 9.17) is 14.2 Å². The third-order valence-electron chi connectivity index (χ3n) is 4.26. The number of morpholine rings is 1. The normalized spacial score (nSPS) is 15.6. The molecule has 1 heterocycles. The van der Waals surface area contributed by atoms with Crippen molar-refractivity contribution in [3.8, 4) is 0 Å². The van der Waals surface area contributed by atoms with E-state index >= 15 is 0 Å². The lowest BCUT2D eigenvalue weighted by atomic mass is 10.2. The fourth-order valence-electron chi connectivity index (χ4n) is 2.79. The minimum Gasteiger partial charge on any atom is -0.378 e. The third-order valence-corrected chi connectivity index (χ3v) is 4.26. The van der Waals surface area contributed by atoms with Crippen molar-refractivity contribution < 1.29 is 14.2 Å². The number of nitrogens with one attached hydrogen (secondary N) is 1. The van der Waals surface area contributed by atoms with Crippen LogP contribution < -0.4 is 10.2 Å². The number of anilines is 2. The van der Waals surface area contributed by atoms with Crippen LogP contribution in [0.3, 0.4) is 0 Å². The van der Waals surface area contributed by atoms with Gasteiger partial charge >= 0.3 is 0 Å². The van der Waals surface area contributed by atoms with Gasteiger partial charge in [-0.15, -0.1) is 0 Å². The molecular formula is C22H32N2O3. The molecule has 1 aromatic carbocycles. The lowest BCUT2D eigenvalue weighted by Gasteiger charge is -2.29. The predicted molar refractivity (Wildman–Crippen MR) is 112 cm³/mol. The van der Waals surface area contributed by atoms with E-state index in [9.17, 15) is 0 Å². The Morgan fingerprint density at radius 3 is 2.33 bits per heavy atom. The first-order valence-corrected chi connectivity index (χ1v) is 9.64. The Labute approximate surface area is 163 Å². The standard InChI is InChI=1S/C22H32N2O3/c1-5-19(9-8-18(4)22(26-6-2)27-7-3)23-20-10-12-21(13-11-20)24-14-16-25-17-15-24/h5,8-13,22-23H,4,6-7,14-17H2,1-3H3/b9-8-,19-5+. The van der Waals surface area contributed by atoms with Crippen LogP contribution in [0, 0.1) is 0 Å². The quantitative estimate of drug-likeness (QED) is 0.488. The maximum Gasteiger partial charge on any atom is 0.183 e. The van der Waals surface area contributed by atoms with Gasteiger partial charge in [-0.2, -0.15) is 0 Å². The molecule has 2 rings (SSSR count). The number of hydrogen-bond donors (Lipinski definition) is 1. The molecule has 0 radical (unpaired) electrons. The molecule has 1 N–H and O–H groups in total. The fraction of sp³-hybridized carbons (Fsp3) is 0.455. The van der Waals surface area contributed by atoms with Gasteiger partial charge in [-0.3, -0.25) is 0 Å². The van der Waals surface area contributed by atoms with Crippen LogP contribution in [0.5, 0.6) is 0 Å². The minimum absolute atomic E-state index is 0.401. The van der Waals surface area contributed by atoms with Gasteiger partial charge in [0.05, 0.1) is 13.2 Å². The molecule has 1 saturated heterocycles. The average molecular weight is 373 g/mol. The highest BCUT2D eigenvalue weighted by atomic mass is 16.7. The highest BCUT2D eigenvalue weighted by Crippen LogP contribution is 2.20. The maximum atomic E-state index is 5.57. The van der Waals surface area contributed by atoms with Crippen molar-refractivity contribution in [2.45, 2.75) is 27.1 Å². The monoisotopic (exact) mass is 372 g/mol. The summed E-state index contributed by atoms with van der Waals surface area (Å²) in [5.41, 5.74) is 4.05. The molecule has 0 bridgehead atoms. The first kappa shape index (κ1) is 21.2. The molecule has 0 aliphatic carbocycles. The number of allylic oxidation sites excluding steroid dienone is 2. The number of nitrogens with zero attached hydrogens (tertiary/aromatic N) is 1. The van der Waals surface area contributed by atoms with E-state index in [1.165, 1.54) is 5.69 Å². The van der Waals surface area contributed by atoms with Gasteiger partial charge < -0.3 is 24.4 Å². The lowest BCUT2D eigenvalue weighted by Crippen LogP contribution is -2.36. The number of benzene rings is 1. The number of hydrogen-bond acceptors (Lipinski definition) is 5. The maximum absolute atomic E-state index is 5.57. The summed E-state index contributed by atoms with van der Waals surface area (Å²) in [5, 5.41) is 3.43. The molecule has 0 atom stereocenters. The van der Waals surface area contributed by atoms with Gasteiger partial charge in [-0.1, -0.05) is 18.7 Å². The van der Waals surface area contributed by atoms with Crippen LogP contribution in [0.1, 0.15) is 20.8 Å². The molecule has 0 spiro atoms. The van der Waals surface area contributed by atoms with E-state index in [1.54, 1.807) is 0 Å². The molecule has 27 heavy (non-hydrogen) atoms. The second-order valence-corrected chi connectivity index (χ2v) is 6.17. The van der Waals surface area contributed by atoms with E-state index in [0.29, 0.717) is 13.2 Å². The molecule has 5 heteroatoms. The Balaban J connectivity index is 1.94. The summed E-state index contributed by atoms with van der Waals surface area (Å²) in [6.07, 6.45) is 5.54. The number of rotatable bonds is 10. The topological polar surface area (TPSA) is 43.0 Å². The van der Waals surface area contributed by atoms with Gasteiger partial charge in [0.15, 0.2) is 6.29 Å². The molecule has 0 aromatic heterocycles. The van der Waals surface area contributed by atoms with Crippen LogP contribution in [0.2, 0.25) is 0 Å². The van der Waals surface area contributed by atoms with Gasteiger partial charge in [0, 0.05) is 48.9 Å².